The number of nitrogens with zero attached hydrogens (tertiary/aromatic N) is 1. The van der Waals surface area contributed by atoms with Crippen LogP contribution in [0.2, 0.25) is 0 Å². The molecule has 100 valence electrons. The highest BCUT2D eigenvalue weighted by atomic mass is 32.2. The highest BCUT2D eigenvalue weighted by Crippen LogP contribution is 2.32. The van der Waals surface area contributed by atoms with Crippen LogP contribution < -0.4 is 10.5 Å². The topological polar surface area (TPSA) is 50.9 Å². The number of aromatic nitrogens is 1. The van der Waals surface area contributed by atoms with Crippen LogP contribution in [0.15, 0.2) is 30.5 Å². The van der Waals surface area contributed by atoms with E-state index in [1.807, 2.05) is 30.1 Å². The van der Waals surface area contributed by atoms with Gasteiger partial charge in [-0.25, -0.2) is 4.98 Å². The Morgan fingerprint density at radius 1 is 1.11 bits per heavy atom. The smallest absolute Gasteiger partial charge is 0.143 e. The Kier molecular flexibility index (Phi) is 3.78. The van der Waals surface area contributed by atoms with Gasteiger partial charge >= 0.3 is 0 Å². The first kappa shape index (κ1) is 12.6. The number of nitrogens with two attached hydrogens (primary N) is 1. The zero-order valence-corrected chi connectivity index (χ0v) is 11.7. The van der Waals surface area contributed by atoms with Crippen LogP contribution in [0.4, 0.5) is 11.5 Å². The van der Waals surface area contributed by atoms with Crippen LogP contribution in [0.1, 0.15) is 32.1 Å². The average molecular weight is 273 g/mol. The zero-order valence-electron chi connectivity index (χ0n) is 10.9. The summed E-state index contributed by atoms with van der Waals surface area (Å²) in [5, 5.41) is 2.89. The standard InChI is InChI=1S/C15H19N3S/c16-14-10-17-15(13-9-5-4-8-12(13)14)18-19-11-6-2-1-3-7-11/h4-5,8-11H,1-3,6-7,16H2,(H,17,18). The molecule has 3 rings (SSSR count). The summed E-state index contributed by atoms with van der Waals surface area (Å²) in [6.45, 7) is 0. The maximum absolute atomic E-state index is 5.97. The third kappa shape index (κ3) is 2.78. The fourth-order valence-corrected chi connectivity index (χ4v) is 3.63. The minimum absolute atomic E-state index is 0.715. The molecule has 1 aliphatic rings. The summed E-state index contributed by atoms with van der Waals surface area (Å²) in [6, 6.07) is 8.15. The van der Waals surface area contributed by atoms with E-state index in [9.17, 15) is 0 Å². The minimum atomic E-state index is 0.715. The van der Waals surface area contributed by atoms with Crippen LogP contribution in [0.5, 0.6) is 0 Å². The van der Waals surface area contributed by atoms with Crippen LogP contribution in [0.25, 0.3) is 10.8 Å². The third-order valence-electron chi connectivity index (χ3n) is 3.70. The zero-order chi connectivity index (χ0) is 13.1. The van der Waals surface area contributed by atoms with E-state index in [1.165, 1.54) is 32.1 Å². The number of hydrogen-bond acceptors (Lipinski definition) is 4. The lowest BCUT2D eigenvalue weighted by atomic mass is 10.0. The predicted molar refractivity (Wildman–Crippen MR) is 84.2 cm³/mol. The molecular weight excluding hydrogens is 254 g/mol. The molecule has 0 radical (unpaired) electrons. The molecule has 3 nitrogen and oxygen atoms in total. The molecule has 2 aromatic rings. The van der Waals surface area contributed by atoms with Crippen molar-refractivity contribution < 1.29 is 0 Å². The van der Waals surface area contributed by atoms with Crippen LogP contribution in [-0.4, -0.2) is 10.2 Å². The van der Waals surface area contributed by atoms with E-state index in [-0.39, 0.29) is 0 Å². The molecule has 0 atom stereocenters. The molecule has 1 aromatic heterocycles. The van der Waals surface area contributed by atoms with Gasteiger partial charge in [0, 0.05) is 16.0 Å². The molecule has 1 saturated carbocycles. The number of hydrogen-bond donors (Lipinski definition) is 2. The molecule has 19 heavy (non-hydrogen) atoms. The van der Waals surface area contributed by atoms with E-state index < -0.39 is 0 Å². The van der Waals surface area contributed by atoms with E-state index in [1.54, 1.807) is 6.20 Å². The highest BCUT2D eigenvalue weighted by Gasteiger charge is 2.14. The molecule has 4 heteroatoms. The minimum Gasteiger partial charge on any atom is -0.397 e. The van der Waals surface area contributed by atoms with Crippen molar-refractivity contribution in [3.05, 3.63) is 30.5 Å². The Morgan fingerprint density at radius 2 is 1.84 bits per heavy atom. The molecule has 1 fully saturated rings. The summed E-state index contributed by atoms with van der Waals surface area (Å²) in [6.07, 6.45) is 8.46. The average Bonchev–Trinajstić information content (AvgIpc) is 2.48. The van der Waals surface area contributed by atoms with Gasteiger partial charge in [-0.05, 0) is 24.8 Å². The summed E-state index contributed by atoms with van der Waals surface area (Å²) in [4.78, 5) is 4.43. The largest absolute Gasteiger partial charge is 0.397 e. The van der Waals surface area contributed by atoms with Crippen LogP contribution in [0.3, 0.4) is 0 Å². The molecule has 0 saturated heterocycles. The Hall–Kier alpha value is -1.42. The number of anilines is 2. The van der Waals surface area contributed by atoms with Crippen LogP contribution >= 0.6 is 11.9 Å². The Bertz CT molecular complexity index is 564. The SMILES string of the molecule is Nc1cnc(NSC2CCCCC2)c2ccccc12. The first-order valence-electron chi connectivity index (χ1n) is 6.89. The lowest BCUT2D eigenvalue weighted by Crippen LogP contribution is -2.10. The van der Waals surface area contributed by atoms with Crippen molar-refractivity contribution >= 4 is 34.2 Å². The van der Waals surface area contributed by atoms with Crippen molar-refractivity contribution in [2.75, 3.05) is 10.5 Å². The Morgan fingerprint density at radius 3 is 2.63 bits per heavy atom. The van der Waals surface area contributed by atoms with Gasteiger partial charge in [-0.1, -0.05) is 43.5 Å². The van der Waals surface area contributed by atoms with Crippen molar-refractivity contribution in [1.82, 2.24) is 4.98 Å². The molecule has 0 unspecified atom stereocenters. The lowest BCUT2D eigenvalue weighted by molar-refractivity contribution is 0.516. The lowest BCUT2D eigenvalue weighted by Gasteiger charge is -2.21. The van der Waals surface area contributed by atoms with Crippen molar-refractivity contribution in [3.8, 4) is 0 Å². The van der Waals surface area contributed by atoms with E-state index in [0.717, 1.165) is 22.3 Å². The fourth-order valence-electron chi connectivity index (χ4n) is 2.62. The summed E-state index contributed by atoms with van der Waals surface area (Å²) < 4.78 is 3.43. The van der Waals surface area contributed by atoms with Gasteiger partial charge in [-0.2, -0.15) is 0 Å². The molecule has 3 N–H and O–H groups in total. The molecule has 0 amide bonds. The van der Waals surface area contributed by atoms with Crippen molar-refractivity contribution in [2.45, 2.75) is 37.4 Å². The normalized spacial score (nSPS) is 16.6. The van der Waals surface area contributed by atoms with Crippen LogP contribution in [0, 0.1) is 0 Å². The van der Waals surface area contributed by atoms with Crippen molar-refractivity contribution in [2.24, 2.45) is 0 Å². The highest BCUT2D eigenvalue weighted by molar-refractivity contribution is 8.01. The molecule has 0 aliphatic heterocycles. The molecule has 1 aromatic carbocycles. The van der Waals surface area contributed by atoms with Crippen molar-refractivity contribution in [3.63, 3.8) is 0 Å². The van der Waals surface area contributed by atoms with Gasteiger partial charge in [-0.15, -0.1) is 0 Å². The third-order valence-corrected chi connectivity index (χ3v) is 4.82. The summed E-state index contributed by atoms with van der Waals surface area (Å²) in [5.74, 6) is 0.931. The molecule has 1 aliphatic carbocycles. The Balaban J connectivity index is 1.79. The summed E-state index contributed by atoms with van der Waals surface area (Å²) in [5.41, 5.74) is 6.71. The van der Waals surface area contributed by atoms with Gasteiger partial charge in [0.05, 0.1) is 11.9 Å². The maximum Gasteiger partial charge on any atom is 0.143 e. The quantitative estimate of drug-likeness (QED) is 0.822. The summed E-state index contributed by atoms with van der Waals surface area (Å²) >= 11 is 1.82. The van der Waals surface area contributed by atoms with E-state index >= 15 is 0 Å². The number of benzene rings is 1. The number of pyridine rings is 1. The van der Waals surface area contributed by atoms with Gasteiger partial charge in [0.2, 0.25) is 0 Å². The number of nitrogens with one attached hydrogen (secondary N) is 1. The monoisotopic (exact) mass is 273 g/mol. The number of fused-ring (bicyclic) bond motifs is 1. The second kappa shape index (κ2) is 5.70. The van der Waals surface area contributed by atoms with Crippen LogP contribution in [-0.2, 0) is 0 Å². The summed E-state index contributed by atoms with van der Waals surface area (Å²) in [7, 11) is 0. The van der Waals surface area contributed by atoms with E-state index in [4.69, 9.17) is 5.73 Å². The Labute approximate surface area is 118 Å². The maximum atomic E-state index is 5.97. The second-order valence-corrected chi connectivity index (χ2v) is 6.19. The van der Waals surface area contributed by atoms with Crippen molar-refractivity contribution in [1.29, 1.82) is 0 Å². The van der Waals surface area contributed by atoms with Gasteiger partial charge in [-0.3, -0.25) is 0 Å². The van der Waals surface area contributed by atoms with Gasteiger partial charge < -0.3 is 10.5 Å². The second-order valence-electron chi connectivity index (χ2n) is 5.09. The predicted octanol–water partition coefficient (Wildman–Crippen LogP) is 4.21. The fraction of sp³-hybridized carbons (Fsp3) is 0.400. The number of nitrogen functional groups attached to an aromatic ring is 1. The number of rotatable bonds is 3. The molecule has 0 spiro atoms. The molecular formula is C15H19N3S. The molecule has 1 heterocycles. The van der Waals surface area contributed by atoms with Gasteiger partial charge in [0.15, 0.2) is 0 Å². The molecule has 0 bridgehead atoms. The first-order chi connectivity index (χ1) is 9.34. The van der Waals surface area contributed by atoms with Gasteiger partial charge in [0.25, 0.3) is 0 Å². The van der Waals surface area contributed by atoms with Gasteiger partial charge in [0.1, 0.15) is 5.82 Å². The van der Waals surface area contributed by atoms with E-state index in [0.29, 0.717) is 5.25 Å². The first-order valence-corrected chi connectivity index (χ1v) is 7.77. The van der Waals surface area contributed by atoms with E-state index in [2.05, 4.69) is 15.8 Å².